The third-order valence-corrected chi connectivity index (χ3v) is 6.69. The Labute approximate surface area is 158 Å². The molecule has 4 rings (SSSR count). The number of hydrogen-bond donors (Lipinski definition) is 0. The Hall–Kier alpha value is -2.51. The average molecular weight is 383 g/mol. The van der Waals surface area contributed by atoms with Crippen LogP contribution in [0, 0.1) is 6.92 Å². The molecule has 0 N–H and O–H groups in total. The van der Waals surface area contributed by atoms with Crippen LogP contribution in [0.4, 0.5) is 0 Å². The number of ether oxygens (including phenoxy) is 1. The van der Waals surface area contributed by atoms with Crippen LogP contribution in [0.3, 0.4) is 0 Å². The molecule has 0 atom stereocenters. The average Bonchev–Trinajstić information content (AvgIpc) is 2.69. The van der Waals surface area contributed by atoms with Gasteiger partial charge in [0.15, 0.2) is 0 Å². The van der Waals surface area contributed by atoms with Gasteiger partial charge in [0.2, 0.25) is 15.9 Å². The van der Waals surface area contributed by atoms with Crippen molar-refractivity contribution in [2.45, 2.75) is 30.8 Å². The van der Waals surface area contributed by atoms with E-state index in [0.29, 0.717) is 36.7 Å². The number of aromatic nitrogens is 2. The summed E-state index contributed by atoms with van der Waals surface area (Å²) in [6.07, 6.45) is 2.81. The fourth-order valence-corrected chi connectivity index (χ4v) is 4.69. The van der Waals surface area contributed by atoms with Gasteiger partial charge in [-0.25, -0.2) is 18.4 Å². The summed E-state index contributed by atoms with van der Waals surface area (Å²) in [6.45, 7) is 2.80. The van der Waals surface area contributed by atoms with Crippen LogP contribution < -0.4 is 4.74 Å². The van der Waals surface area contributed by atoms with E-state index >= 15 is 0 Å². The van der Waals surface area contributed by atoms with Crippen LogP contribution in [0.2, 0.25) is 0 Å². The summed E-state index contributed by atoms with van der Waals surface area (Å²) < 4.78 is 33.0. The van der Waals surface area contributed by atoms with Gasteiger partial charge in [-0.3, -0.25) is 0 Å². The quantitative estimate of drug-likeness (QED) is 0.692. The van der Waals surface area contributed by atoms with Crippen molar-refractivity contribution >= 4 is 21.1 Å². The molecule has 27 heavy (non-hydrogen) atoms. The molecule has 2 heterocycles. The van der Waals surface area contributed by atoms with Crippen LogP contribution in [0.25, 0.3) is 11.0 Å². The molecule has 0 spiro atoms. The molecule has 1 aromatic heterocycles. The van der Waals surface area contributed by atoms with Crippen LogP contribution in [0.5, 0.6) is 5.88 Å². The Morgan fingerprint density at radius 3 is 2.37 bits per heavy atom. The van der Waals surface area contributed by atoms with E-state index < -0.39 is 10.0 Å². The summed E-state index contributed by atoms with van der Waals surface area (Å²) in [6, 6.07) is 14.6. The number of benzene rings is 2. The monoisotopic (exact) mass is 383 g/mol. The van der Waals surface area contributed by atoms with Crippen LogP contribution in [-0.4, -0.2) is 41.9 Å². The van der Waals surface area contributed by atoms with Gasteiger partial charge in [-0.1, -0.05) is 29.8 Å². The Morgan fingerprint density at radius 2 is 1.67 bits per heavy atom. The second-order valence-electron chi connectivity index (χ2n) is 6.73. The lowest BCUT2D eigenvalue weighted by molar-refractivity contribution is 0.130. The van der Waals surface area contributed by atoms with E-state index in [2.05, 4.69) is 9.97 Å². The van der Waals surface area contributed by atoms with Crippen molar-refractivity contribution in [1.29, 1.82) is 0 Å². The fourth-order valence-electron chi connectivity index (χ4n) is 3.22. The highest BCUT2D eigenvalue weighted by atomic mass is 32.2. The molecule has 2 aromatic carbocycles. The SMILES string of the molecule is Cc1ccc(S(=O)(=O)N2CCC(Oc3cnc4ccccc4n3)CC2)cc1. The Balaban J connectivity index is 1.41. The zero-order valence-corrected chi connectivity index (χ0v) is 15.9. The second kappa shape index (κ2) is 7.25. The number of fused-ring (bicyclic) bond motifs is 1. The molecule has 3 aromatic rings. The van der Waals surface area contributed by atoms with Crippen molar-refractivity contribution in [3.63, 3.8) is 0 Å². The number of hydrogen-bond acceptors (Lipinski definition) is 5. The molecular formula is C20H21N3O3S. The molecule has 1 aliphatic rings. The van der Waals surface area contributed by atoms with Gasteiger partial charge in [-0.2, -0.15) is 4.31 Å². The van der Waals surface area contributed by atoms with E-state index in [-0.39, 0.29) is 6.10 Å². The van der Waals surface area contributed by atoms with Crippen molar-refractivity contribution < 1.29 is 13.2 Å². The van der Waals surface area contributed by atoms with Gasteiger partial charge in [0.05, 0.1) is 22.1 Å². The molecule has 0 radical (unpaired) electrons. The lowest BCUT2D eigenvalue weighted by atomic mass is 10.1. The van der Waals surface area contributed by atoms with Gasteiger partial charge >= 0.3 is 0 Å². The summed E-state index contributed by atoms with van der Waals surface area (Å²) in [4.78, 5) is 9.17. The van der Waals surface area contributed by atoms with Crippen LogP contribution in [-0.2, 0) is 10.0 Å². The van der Waals surface area contributed by atoms with E-state index in [4.69, 9.17) is 4.74 Å². The molecule has 1 aliphatic heterocycles. The molecule has 6 nitrogen and oxygen atoms in total. The first-order valence-corrected chi connectivity index (χ1v) is 10.4. The standard InChI is InChI=1S/C20H21N3O3S/c1-15-6-8-17(9-7-15)27(24,25)23-12-10-16(11-13-23)26-20-14-21-18-4-2-3-5-19(18)22-20/h2-9,14,16H,10-13H2,1H3. The first kappa shape index (κ1) is 17.9. The summed E-state index contributed by atoms with van der Waals surface area (Å²) in [7, 11) is -3.45. The van der Waals surface area contributed by atoms with Gasteiger partial charge in [0.25, 0.3) is 0 Å². The molecular weight excluding hydrogens is 362 g/mol. The zero-order chi connectivity index (χ0) is 18.9. The number of rotatable bonds is 4. The van der Waals surface area contributed by atoms with Crippen molar-refractivity contribution in [2.24, 2.45) is 0 Å². The molecule has 7 heteroatoms. The minimum atomic E-state index is -3.45. The number of aryl methyl sites for hydroxylation is 1. The third kappa shape index (κ3) is 3.79. The number of nitrogens with zero attached hydrogens (tertiary/aromatic N) is 3. The molecule has 0 bridgehead atoms. The minimum absolute atomic E-state index is 0.0649. The van der Waals surface area contributed by atoms with E-state index in [1.54, 1.807) is 18.3 Å². The van der Waals surface area contributed by atoms with Crippen molar-refractivity contribution in [1.82, 2.24) is 14.3 Å². The molecule has 140 valence electrons. The normalized spacial score (nSPS) is 16.5. The van der Waals surface area contributed by atoms with E-state index in [9.17, 15) is 8.42 Å². The number of para-hydroxylation sites is 2. The maximum absolute atomic E-state index is 12.8. The Kier molecular flexibility index (Phi) is 4.80. The Bertz CT molecular complexity index is 1040. The maximum atomic E-state index is 12.8. The van der Waals surface area contributed by atoms with E-state index in [1.807, 2.05) is 43.3 Å². The summed E-state index contributed by atoms with van der Waals surface area (Å²) in [5, 5.41) is 0. The predicted octanol–water partition coefficient (Wildman–Crippen LogP) is 3.17. The predicted molar refractivity (Wildman–Crippen MR) is 103 cm³/mol. The van der Waals surface area contributed by atoms with Gasteiger partial charge < -0.3 is 4.74 Å². The number of sulfonamides is 1. The smallest absolute Gasteiger partial charge is 0.243 e. The maximum Gasteiger partial charge on any atom is 0.243 e. The topological polar surface area (TPSA) is 72.4 Å². The van der Waals surface area contributed by atoms with Gasteiger partial charge in [0.1, 0.15) is 6.10 Å². The van der Waals surface area contributed by atoms with E-state index in [1.165, 1.54) is 4.31 Å². The lowest BCUT2D eigenvalue weighted by Gasteiger charge is -2.31. The zero-order valence-electron chi connectivity index (χ0n) is 15.1. The van der Waals surface area contributed by atoms with Crippen LogP contribution >= 0.6 is 0 Å². The van der Waals surface area contributed by atoms with Gasteiger partial charge in [-0.05, 0) is 44.0 Å². The van der Waals surface area contributed by atoms with Crippen LogP contribution in [0.1, 0.15) is 18.4 Å². The minimum Gasteiger partial charge on any atom is -0.473 e. The third-order valence-electron chi connectivity index (χ3n) is 4.77. The largest absolute Gasteiger partial charge is 0.473 e. The number of piperidine rings is 1. The van der Waals surface area contributed by atoms with Crippen LogP contribution in [0.15, 0.2) is 59.6 Å². The highest BCUT2D eigenvalue weighted by molar-refractivity contribution is 7.89. The Morgan fingerprint density at radius 1 is 1.00 bits per heavy atom. The molecule has 1 fully saturated rings. The van der Waals surface area contributed by atoms with E-state index in [0.717, 1.165) is 16.6 Å². The van der Waals surface area contributed by atoms with Gasteiger partial charge in [-0.15, -0.1) is 0 Å². The molecule has 1 saturated heterocycles. The highest BCUT2D eigenvalue weighted by Crippen LogP contribution is 2.24. The first-order chi connectivity index (χ1) is 13.0. The molecule has 0 unspecified atom stereocenters. The molecule has 0 amide bonds. The second-order valence-corrected chi connectivity index (χ2v) is 8.67. The van der Waals surface area contributed by atoms with Crippen molar-refractivity contribution in [3.05, 3.63) is 60.3 Å². The van der Waals surface area contributed by atoms with Gasteiger partial charge in [0, 0.05) is 13.1 Å². The molecule has 0 aliphatic carbocycles. The van der Waals surface area contributed by atoms with Crippen molar-refractivity contribution in [3.8, 4) is 5.88 Å². The lowest BCUT2D eigenvalue weighted by Crippen LogP contribution is -2.41. The summed E-state index contributed by atoms with van der Waals surface area (Å²) in [5.41, 5.74) is 2.65. The first-order valence-electron chi connectivity index (χ1n) is 8.98. The summed E-state index contributed by atoms with van der Waals surface area (Å²) >= 11 is 0. The fraction of sp³-hybridized carbons (Fsp3) is 0.300. The highest BCUT2D eigenvalue weighted by Gasteiger charge is 2.30. The summed E-state index contributed by atoms with van der Waals surface area (Å²) in [5.74, 6) is 0.480. The molecule has 0 saturated carbocycles. The van der Waals surface area contributed by atoms with Crippen molar-refractivity contribution in [2.75, 3.05) is 13.1 Å².